The molecule has 3 N–H and O–H groups in total. The lowest BCUT2D eigenvalue weighted by Crippen LogP contribution is -2.52. The molecule has 0 spiro atoms. The van der Waals surface area contributed by atoms with Crippen molar-refractivity contribution in [3.05, 3.63) is 11.7 Å². The molecule has 0 saturated heterocycles. The number of nitrogens with one attached hydrogen (secondary N) is 1. The van der Waals surface area contributed by atoms with E-state index in [0.717, 1.165) is 25.1 Å². The minimum absolute atomic E-state index is 0.181. The van der Waals surface area contributed by atoms with Crippen molar-refractivity contribution < 1.29 is 9.32 Å². The normalized spacial score (nSPS) is 20.4. The Kier molecular flexibility index (Phi) is 5.56. The van der Waals surface area contributed by atoms with Gasteiger partial charge in [0, 0.05) is 5.92 Å². The molecule has 6 nitrogen and oxygen atoms in total. The molecule has 2 unspecified atom stereocenters. The van der Waals surface area contributed by atoms with Crippen molar-refractivity contribution in [1.29, 1.82) is 0 Å². The molecule has 1 aromatic heterocycles. The molecular weight excluding hydrogens is 280 g/mol. The highest BCUT2D eigenvalue weighted by Crippen LogP contribution is 2.31. The molecule has 2 rings (SSSR count). The van der Waals surface area contributed by atoms with Gasteiger partial charge in [0.2, 0.25) is 11.8 Å². The maximum atomic E-state index is 12.2. The van der Waals surface area contributed by atoms with E-state index in [1.54, 1.807) is 6.92 Å². The minimum Gasteiger partial charge on any atom is -0.343 e. The Hall–Kier alpha value is -1.43. The fourth-order valence-corrected chi connectivity index (χ4v) is 3.01. The molecule has 0 bridgehead atoms. The van der Waals surface area contributed by atoms with E-state index >= 15 is 0 Å². The molecule has 1 amide bonds. The van der Waals surface area contributed by atoms with Gasteiger partial charge in [-0.25, -0.2) is 0 Å². The van der Waals surface area contributed by atoms with Crippen molar-refractivity contribution in [2.75, 3.05) is 0 Å². The van der Waals surface area contributed by atoms with E-state index in [1.807, 2.05) is 13.8 Å². The van der Waals surface area contributed by atoms with Gasteiger partial charge >= 0.3 is 0 Å². The summed E-state index contributed by atoms with van der Waals surface area (Å²) in [5.74, 6) is 1.45. The maximum Gasteiger partial charge on any atom is 0.248 e. The molecule has 0 aromatic carbocycles. The molecule has 0 aliphatic heterocycles. The third kappa shape index (κ3) is 4.06. The number of hydrogen-bond acceptors (Lipinski definition) is 5. The quantitative estimate of drug-likeness (QED) is 0.842. The van der Waals surface area contributed by atoms with E-state index in [1.165, 1.54) is 19.3 Å². The van der Waals surface area contributed by atoms with E-state index in [0.29, 0.717) is 18.2 Å². The predicted molar refractivity (Wildman–Crippen MR) is 84.2 cm³/mol. The van der Waals surface area contributed by atoms with Gasteiger partial charge in [0.25, 0.3) is 0 Å². The van der Waals surface area contributed by atoms with Gasteiger partial charge in [-0.05, 0) is 33.1 Å². The second-order valence-electron chi connectivity index (χ2n) is 6.69. The van der Waals surface area contributed by atoms with Crippen LogP contribution in [0.3, 0.4) is 0 Å². The minimum atomic E-state index is -0.866. The smallest absolute Gasteiger partial charge is 0.248 e. The maximum absolute atomic E-state index is 12.2. The number of hydrogen-bond donors (Lipinski definition) is 2. The first kappa shape index (κ1) is 16.9. The van der Waals surface area contributed by atoms with Crippen LogP contribution in [0.15, 0.2) is 4.52 Å². The highest BCUT2D eigenvalue weighted by molar-refractivity contribution is 5.85. The lowest BCUT2D eigenvalue weighted by atomic mass is 9.89. The van der Waals surface area contributed by atoms with E-state index in [4.69, 9.17) is 10.3 Å². The van der Waals surface area contributed by atoms with Gasteiger partial charge < -0.3 is 15.6 Å². The van der Waals surface area contributed by atoms with Crippen LogP contribution in [0.1, 0.15) is 89.4 Å². The van der Waals surface area contributed by atoms with Crippen LogP contribution in [-0.4, -0.2) is 21.6 Å². The molecule has 0 radical (unpaired) electrons. The fourth-order valence-electron chi connectivity index (χ4n) is 3.01. The number of nitrogens with zero attached hydrogens (tertiary/aromatic N) is 2. The van der Waals surface area contributed by atoms with Crippen LogP contribution in [0.25, 0.3) is 0 Å². The Morgan fingerprint density at radius 1 is 1.45 bits per heavy atom. The van der Waals surface area contributed by atoms with Crippen molar-refractivity contribution in [2.24, 2.45) is 5.73 Å². The molecule has 1 saturated carbocycles. The second-order valence-corrected chi connectivity index (χ2v) is 6.69. The van der Waals surface area contributed by atoms with Crippen molar-refractivity contribution >= 4 is 5.91 Å². The van der Waals surface area contributed by atoms with Gasteiger partial charge in [-0.1, -0.05) is 37.8 Å². The zero-order valence-corrected chi connectivity index (χ0v) is 13.9. The summed E-state index contributed by atoms with van der Waals surface area (Å²) < 4.78 is 5.34. The van der Waals surface area contributed by atoms with Crippen LogP contribution in [0.5, 0.6) is 0 Å². The average molecular weight is 308 g/mol. The van der Waals surface area contributed by atoms with Crippen LogP contribution >= 0.6 is 0 Å². The molecule has 1 aromatic rings. The molecular formula is C16H28N4O2. The predicted octanol–water partition coefficient (Wildman–Crippen LogP) is 2.81. The molecule has 124 valence electrons. The van der Waals surface area contributed by atoms with E-state index in [2.05, 4.69) is 15.5 Å². The van der Waals surface area contributed by atoms with Crippen molar-refractivity contribution in [1.82, 2.24) is 15.5 Å². The first-order valence-electron chi connectivity index (χ1n) is 8.37. The van der Waals surface area contributed by atoms with Crippen LogP contribution in [0.2, 0.25) is 0 Å². The topological polar surface area (TPSA) is 94.0 Å². The average Bonchev–Trinajstić information content (AvgIpc) is 2.98. The monoisotopic (exact) mass is 308 g/mol. The first-order chi connectivity index (χ1) is 10.4. The summed E-state index contributed by atoms with van der Waals surface area (Å²) in [6, 6.07) is -0.322. The summed E-state index contributed by atoms with van der Waals surface area (Å²) in [5, 5.41) is 6.98. The van der Waals surface area contributed by atoms with E-state index in [9.17, 15) is 4.79 Å². The fraction of sp³-hybridized carbons (Fsp3) is 0.812. The lowest BCUT2D eigenvalue weighted by Gasteiger charge is -2.24. The van der Waals surface area contributed by atoms with Gasteiger partial charge in [-0.3, -0.25) is 4.79 Å². The van der Waals surface area contributed by atoms with Crippen LogP contribution in [-0.2, 0) is 4.79 Å². The Morgan fingerprint density at radius 3 is 2.77 bits per heavy atom. The van der Waals surface area contributed by atoms with E-state index < -0.39 is 5.54 Å². The summed E-state index contributed by atoms with van der Waals surface area (Å²) in [5.41, 5.74) is 5.17. The number of nitrogens with two attached hydrogens (primary N) is 1. The molecule has 22 heavy (non-hydrogen) atoms. The van der Waals surface area contributed by atoms with Crippen molar-refractivity contribution in [3.8, 4) is 0 Å². The third-order valence-electron chi connectivity index (χ3n) is 4.43. The molecule has 1 aliphatic rings. The van der Waals surface area contributed by atoms with Gasteiger partial charge in [-0.15, -0.1) is 0 Å². The summed E-state index contributed by atoms with van der Waals surface area (Å²) in [6.07, 6.45) is 7.49. The van der Waals surface area contributed by atoms with Crippen LogP contribution < -0.4 is 11.1 Å². The number of aromatic nitrogens is 2. The largest absolute Gasteiger partial charge is 0.343 e. The third-order valence-corrected chi connectivity index (χ3v) is 4.43. The highest BCUT2D eigenvalue weighted by Gasteiger charge is 2.30. The molecule has 1 aliphatic carbocycles. The standard InChI is InChI=1S/C16H28N4O2/c1-4-10-16(3,17)15(21)18-11(2)14-19-13(20-22-14)12-8-6-5-7-9-12/h11-12H,4-10,17H2,1-3H3,(H,18,21). The Balaban J connectivity index is 1.96. The second kappa shape index (κ2) is 7.22. The molecule has 1 fully saturated rings. The van der Waals surface area contributed by atoms with Crippen LogP contribution in [0, 0.1) is 0 Å². The van der Waals surface area contributed by atoms with Gasteiger partial charge in [0.05, 0.1) is 5.54 Å². The number of rotatable bonds is 6. The van der Waals surface area contributed by atoms with Gasteiger partial charge in [0.1, 0.15) is 6.04 Å². The van der Waals surface area contributed by atoms with Crippen LogP contribution in [0.4, 0.5) is 0 Å². The summed E-state index contributed by atoms with van der Waals surface area (Å²) in [6.45, 7) is 5.61. The number of carbonyl (C=O) groups excluding carboxylic acids is 1. The Morgan fingerprint density at radius 2 is 2.14 bits per heavy atom. The van der Waals surface area contributed by atoms with Crippen molar-refractivity contribution in [3.63, 3.8) is 0 Å². The zero-order chi connectivity index (χ0) is 16.2. The zero-order valence-electron chi connectivity index (χ0n) is 13.9. The summed E-state index contributed by atoms with van der Waals surface area (Å²) in [7, 11) is 0. The first-order valence-corrected chi connectivity index (χ1v) is 8.37. The summed E-state index contributed by atoms with van der Waals surface area (Å²) >= 11 is 0. The summed E-state index contributed by atoms with van der Waals surface area (Å²) in [4.78, 5) is 16.7. The Bertz CT molecular complexity index is 492. The number of carbonyl (C=O) groups is 1. The number of amides is 1. The molecule has 6 heteroatoms. The Labute approximate surface area is 132 Å². The van der Waals surface area contributed by atoms with Gasteiger partial charge in [0.15, 0.2) is 5.82 Å². The van der Waals surface area contributed by atoms with E-state index in [-0.39, 0.29) is 11.9 Å². The highest BCUT2D eigenvalue weighted by atomic mass is 16.5. The lowest BCUT2D eigenvalue weighted by molar-refractivity contribution is -0.126. The molecule has 2 atom stereocenters. The van der Waals surface area contributed by atoms with Gasteiger partial charge in [-0.2, -0.15) is 4.98 Å². The van der Waals surface area contributed by atoms with Crippen molar-refractivity contribution in [2.45, 2.75) is 83.2 Å². The molecule has 1 heterocycles. The SMILES string of the molecule is CCCC(C)(N)C(=O)NC(C)c1nc(C2CCCCC2)no1.